The number of rotatable bonds is 7. The van der Waals surface area contributed by atoms with Crippen molar-refractivity contribution in [2.45, 2.75) is 32.2 Å². The van der Waals surface area contributed by atoms with Crippen molar-refractivity contribution in [1.82, 2.24) is 9.80 Å². The summed E-state index contributed by atoms with van der Waals surface area (Å²) in [4.78, 5) is 16.3. The van der Waals surface area contributed by atoms with Gasteiger partial charge in [-0.1, -0.05) is 31.9 Å². The molecule has 1 aromatic rings. The number of hydrogen-bond acceptors (Lipinski definition) is 5. The number of unbranched alkanes of at least 4 members (excludes halogenated alkanes) is 2. The van der Waals surface area contributed by atoms with Crippen LogP contribution in [-0.4, -0.2) is 55.5 Å². The highest BCUT2D eigenvalue weighted by Gasteiger charge is 2.27. The third-order valence-corrected chi connectivity index (χ3v) is 4.90. The van der Waals surface area contributed by atoms with E-state index in [9.17, 15) is 4.79 Å². The van der Waals surface area contributed by atoms with Crippen molar-refractivity contribution in [2.24, 2.45) is 10.2 Å². The van der Waals surface area contributed by atoms with Gasteiger partial charge in [-0.3, -0.25) is 4.79 Å². The van der Waals surface area contributed by atoms with Crippen LogP contribution in [0.4, 0.5) is 0 Å². The fourth-order valence-electron chi connectivity index (χ4n) is 3.26. The number of amides is 1. The summed E-state index contributed by atoms with van der Waals surface area (Å²) in [5.74, 6) is 0.602. The maximum Gasteiger partial charge on any atom is 0.289 e. The number of benzene rings is 1. The smallest absolute Gasteiger partial charge is 0.289 e. The Morgan fingerprint density at radius 3 is 2.54 bits per heavy atom. The van der Waals surface area contributed by atoms with Gasteiger partial charge in [-0.15, -0.1) is 5.11 Å². The van der Waals surface area contributed by atoms with Gasteiger partial charge in [0, 0.05) is 32.3 Å². The van der Waals surface area contributed by atoms with E-state index in [0.717, 1.165) is 56.2 Å². The molecule has 0 aromatic heterocycles. The molecule has 0 radical (unpaired) electrons. The van der Waals surface area contributed by atoms with Crippen LogP contribution in [0.15, 0.2) is 46.3 Å². The molecule has 3 rings (SSSR count). The molecule has 1 aromatic carbocycles. The molecule has 0 bridgehead atoms. The lowest BCUT2D eigenvalue weighted by atomic mass is 10.0. The van der Waals surface area contributed by atoms with E-state index in [2.05, 4.69) is 34.0 Å². The Balaban J connectivity index is 1.68. The minimum absolute atomic E-state index is 0.217. The third kappa shape index (κ3) is 4.69. The summed E-state index contributed by atoms with van der Waals surface area (Å²) in [6, 6.07) is 7.80. The first-order valence-corrected chi connectivity index (χ1v) is 9.50. The summed E-state index contributed by atoms with van der Waals surface area (Å²) in [5.41, 5.74) is 1.99. The van der Waals surface area contributed by atoms with E-state index in [-0.39, 0.29) is 11.9 Å². The molecule has 1 saturated heterocycles. The Morgan fingerprint density at radius 2 is 1.85 bits per heavy atom. The summed E-state index contributed by atoms with van der Waals surface area (Å²) in [6.45, 7) is 6.71. The second-order valence-corrected chi connectivity index (χ2v) is 6.94. The highest BCUT2D eigenvalue weighted by atomic mass is 16.5. The normalized spacial score (nSPS) is 21.0. The van der Waals surface area contributed by atoms with Gasteiger partial charge < -0.3 is 14.5 Å². The van der Waals surface area contributed by atoms with E-state index in [4.69, 9.17) is 4.74 Å². The maximum absolute atomic E-state index is 11.8. The topological polar surface area (TPSA) is 57.5 Å². The molecule has 1 fully saturated rings. The summed E-state index contributed by atoms with van der Waals surface area (Å²) < 4.78 is 5.78. The highest BCUT2D eigenvalue weighted by molar-refractivity contribution is 5.89. The van der Waals surface area contributed by atoms with Gasteiger partial charge in [0.15, 0.2) is 0 Å². The van der Waals surface area contributed by atoms with Crippen LogP contribution in [0.1, 0.15) is 37.8 Å². The van der Waals surface area contributed by atoms with E-state index >= 15 is 0 Å². The molecule has 1 amide bonds. The molecule has 0 N–H and O–H groups in total. The Labute approximate surface area is 155 Å². The van der Waals surface area contributed by atoms with Gasteiger partial charge in [0.25, 0.3) is 5.91 Å². The number of carbonyl (C=O) groups is 1. The zero-order chi connectivity index (χ0) is 18.4. The van der Waals surface area contributed by atoms with Crippen molar-refractivity contribution >= 4 is 5.91 Å². The van der Waals surface area contributed by atoms with Crippen LogP contribution in [0.5, 0.6) is 5.75 Å². The van der Waals surface area contributed by atoms with Crippen molar-refractivity contribution in [2.75, 3.05) is 39.8 Å². The van der Waals surface area contributed by atoms with E-state index in [1.807, 2.05) is 24.3 Å². The molecule has 140 valence electrons. The number of likely N-dealkylation sites (N-methyl/N-ethyl adjacent to an activating group) is 1. The summed E-state index contributed by atoms with van der Waals surface area (Å²) in [5, 5.41) is 8.07. The average Bonchev–Trinajstić information content (AvgIpc) is 2.66. The number of piperazine rings is 1. The van der Waals surface area contributed by atoms with Gasteiger partial charge >= 0.3 is 0 Å². The lowest BCUT2D eigenvalue weighted by Crippen LogP contribution is -2.45. The molecule has 6 heteroatoms. The lowest BCUT2D eigenvalue weighted by molar-refractivity contribution is -0.114. The lowest BCUT2D eigenvalue weighted by Gasteiger charge is -2.37. The Kier molecular flexibility index (Phi) is 6.39. The van der Waals surface area contributed by atoms with Crippen LogP contribution in [0.25, 0.3) is 0 Å². The Morgan fingerprint density at radius 1 is 1.12 bits per heavy atom. The zero-order valence-electron chi connectivity index (χ0n) is 15.7. The van der Waals surface area contributed by atoms with Crippen LogP contribution < -0.4 is 4.74 Å². The van der Waals surface area contributed by atoms with Crippen molar-refractivity contribution < 1.29 is 9.53 Å². The number of ether oxygens (including phenoxy) is 1. The molecule has 2 aliphatic heterocycles. The molecule has 1 unspecified atom stereocenters. The van der Waals surface area contributed by atoms with Gasteiger partial charge in [0.05, 0.1) is 12.3 Å². The first-order chi connectivity index (χ1) is 12.7. The first kappa shape index (κ1) is 18.6. The number of hydrogen-bond donors (Lipinski definition) is 0. The molecular weight excluding hydrogens is 328 g/mol. The number of nitrogens with zero attached hydrogens (tertiary/aromatic N) is 4. The van der Waals surface area contributed by atoms with Gasteiger partial charge in [-0.25, -0.2) is 0 Å². The minimum atomic E-state index is -0.272. The quantitative estimate of drug-likeness (QED) is 0.703. The molecule has 2 aliphatic rings. The van der Waals surface area contributed by atoms with Crippen molar-refractivity contribution in [3.63, 3.8) is 0 Å². The molecular formula is C20H28N4O2. The van der Waals surface area contributed by atoms with Crippen molar-refractivity contribution in [1.29, 1.82) is 0 Å². The molecule has 2 heterocycles. The SMILES string of the molecule is CCCCCOc1ccc(C2N=NC(=O)C=C2N2CCN(C)CC2)cc1. The van der Waals surface area contributed by atoms with Gasteiger partial charge in [0.1, 0.15) is 11.8 Å². The van der Waals surface area contributed by atoms with E-state index in [0.29, 0.717) is 0 Å². The van der Waals surface area contributed by atoms with Crippen LogP contribution in [0, 0.1) is 0 Å². The predicted octanol–water partition coefficient (Wildman–Crippen LogP) is 3.42. The maximum atomic E-state index is 11.8. The monoisotopic (exact) mass is 356 g/mol. The predicted molar refractivity (Wildman–Crippen MR) is 101 cm³/mol. The molecule has 1 atom stereocenters. The van der Waals surface area contributed by atoms with E-state index in [1.54, 1.807) is 6.08 Å². The van der Waals surface area contributed by atoms with Crippen LogP contribution >= 0.6 is 0 Å². The van der Waals surface area contributed by atoms with Gasteiger partial charge in [-0.2, -0.15) is 5.11 Å². The second-order valence-electron chi connectivity index (χ2n) is 6.94. The number of azo groups is 1. The minimum Gasteiger partial charge on any atom is -0.494 e. The molecule has 0 aliphatic carbocycles. The standard InChI is InChI=1S/C20H28N4O2/c1-3-4-5-14-26-17-8-6-16(7-9-17)20-18(15-19(25)21-22-20)24-12-10-23(2)11-13-24/h6-9,15,20H,3-5,10-14H2,1-2H3. The van der Waals surface area contributed by atoms with Gasteiger partial charge in [0.2, 0.25) is 0 Å². The molecule has 26 heavy (non-hydrogen) atoms. The number of carbonyl (C=O) groups excluding carboxylic acids is 1. The second kappa shape index (κ2) is 8.94. The Hall–Kier alpha value is -2.21. The van der Waals surface area contributed by atoms with Gasteiger partial charge in [-0.05, 0) is 31.2 Å². The van der Waals surface area contributed by atoms with Crippen LogP contribution in [0.3, 0.4) is 0 Å². The summed E-state index contributed by atoms with van der Waals surface area (Å²) in [6.07, 6.45) is 5.09. The van der Waals surface area contributed by atoms with E-state index in [1.165, 1.54) is 12.8 Å². The first-order valence-electron chi connectivity index (χ1n) is 9.50. The summed E-state index contributed by atoms with van der Waals surface area (Å²) >= 11 is 0. The highest BCUT2D eigenvalue weighted by Crippen LogP contribution is 2.33. The van der Waals surface area contributed by atoms with Crippen molar-refractivity contribution in [3.05, 3.63) is 41.6 Å². The molecule has 0 saturated carbocycles. The van der Waals surface area contributed by atoms with Crippen LogP contribution in [-0.2, 0) is 4.79 Å². The Bertz CT molecular complexity index is 661. The summed E-state index contributed by atoms with van der Waals surface area (Å²) in [7, 11) is 2.12. The third-order valence-electron chi connectivity index (χ3n) is 4.90. The largest absolute Gasteiger partial charge is 0.494 e. The zero-order valence-corrected chi connectivity index (χ0v) is 15.7. The average molecular weight is 356 g/mol. The van der Waals surface area contributed by atoms with E-state index < -0.39 is 0 Å². The molecule has 6 nitrogen and oxygen atoms in total. The molecule has 0 spiro atoms. The fourth-order valence-corrected chi connectivity index (χ4v) is 3.26. The fraction of sp³-hybridized carbons (Fsp3) is 0.550. The van der Waals surface area contributed by atoms with Crippen LogP contribution in [0.2, 0.25) is 0 Å². The van der Waals surface area contributed by atoms with Crippen molar-refractivity contribution in [3.8, 4) is 5.75 Å².